The second-order valence-electron chi connectivity index (χ2n) is 7.08. The summed E-state index contributed by atoms with van der Waals surface area (Å²) in [6, 6.07) is 13.6. The van der Waals surface area contributed by atoms with Gasteiger partial charge in [-0.1, -0.05) is 48.9 Å². The van der Waals surface area contributed by atoms with E-state index in [9.17, 15) is 19.5 Å². The number of aliphatic carboxylic acids is 1. The first-order valence-corrected chi connectivity index (χ1v) is 9.88. The minimum Gasteiger partial charge on any atom is -0.480 e. The number of carbonyl (C=O) groups is 2. The Kier molecular flexibility index (Phi) is 6.56. The lowest BCUT2D eigenvalue weighted by atomic mass is 9.93. The van der Waals surface area contributed by atoms with Gasteiger partial charge in [-0.25, -0.2) is 9.48 Å². The number of carboxylic acids is 1. The molecule has 2 aromatic carbocycles. The number of benzene rings is 2. The van der Waals surface area contributed by atoms with Crippen LogP contribution in [0.4, 0.5) is 0 Å². The molecule has 0 saturated carbocycles. The predicted molar refractivity (Wildman–Crippen MR) is 117 cm³/mol. The van der Waals surface area contributed by atoms with Gasteiger partial charge in [0, 0.05) is 22.6 Å². The molecule has 0 radical (unpaired) electrons. The number of ketones is 1. The van der Waals surface area contributed by atoms with Crippen molar-refractivity contribution >= 4 is 23.4 Å². The van der Waals surface area contributed by atoms with Crippen LogP contribution in [-0.4, -0.2) is 33.7 Å². The van der Waals surface area contributed by atoms with E-state index in [0.29, 0.717) is 16.1 Å². The van der Waals surface area contributed by atoms with Gasteiger partial charge in [-0.3, -0.25) is 9.59 Å². The number of aromatic nitrogens is 2. The lowest BCUT2D eigenvalue weighted by Gasteiger charge is -2.23. The highest BCUT2D eigenvalue weighted by atomic mass is 35.5. The van der Waals surface area contributed by atoms with Crippen molar-refractivity contribution in [2.45, 2.75) is 25.8 Å². The Labute approximate surface area is 183 Å². The lowest BCUT2D eigenvalue weighted by molar-refractivity contribution is -0.142. The fourth-order valence-electron chi connectivity index (χ4n) is 3.51. The molecule has 8 heteroatoms. The summed E-state index contributed by atoms with van der Waals surface area (Å²) >= 11 is 6.11. The summed E-state index contributed by atoms with van der Waals surface area (Å²) in [6.45, 7) is 3.11. The molecule has 1 unspecified atom stereocenters. The minimum atomic E-state index is -1.26. The molecule has 1 heterocycles. The Bertz CT molecular complexity index is 1190. The third-order valence-corrected chi connectivity index (χ3v) is 5.32. The van der Waals surface area contributed by atoms with Crippen molar-refractivity contribution < 1.29 is 19.4 Å². The molecule has 1 aromatic heterocycles. The van der Waals surface area contributed by atoms with Crippen molar-refractivity contribution in [3.63, 3.8) is 0 Å². The number of Topliss-reactive ketones (excluding diaryl/α,β-unsaturated/α-hetero) is 1. The Morgan fingerprint density at radius 2 is 1.77 bits per heavy atom. The largest absolute Gasteiger partial charge is 0.480 e. The maximum absolute atomic E-state index is 13.0. The molecule has 0 bridgehead atoms. The summed E-state index contributed by atoms with van der Waals surface area (Å²) in [5, 5.41) is 14.5. The Hall–Kier alpha value is -3.45. The van der Waals surface area contributed by atoms with Crippen LogP contribution in [0.15, 0.2) is 59.4 Å². The number of carbonyl (C=O) groups excluding carboxylic acids is 1. The quantitative estimate of drug-likeness (QED) is 0.553. The van der Waals surface area contributed by atoms with E-state index >= 15 is 0 Å². The molecule has 0 amide bonds. The van der Waals surface area contributed by atoms with Crippen LogP contribution in [0.2, 0.25) is 5.02 Å². The highest BCUT2D eigenvalue weighted by molar-refractivity contribution is 6.31. The molecule has 0 saturated heterocycles. The summed E-state index contributed by atoms with van der Waals surface area (Å²) in [5.41, 5.74) is 1.10. The summed E-state index contributed by atoms with van der Waals surface area (Å²) in [4.78, 5) is 37.2. The summed E-state index contributed by atoms with van der Waals surface area (Å²) in [7, 11) is 1.36. The van der Waals surface area contributed by atoms with E-state index in [1.165, 1.54) is 20.1 Å². The second kappa shape index (κ2) is 9.14. The molecular weight excluding hydrogens is 420 g/mol. The van der Waals surface area contributed by atoms with E-state index in [1.54, 1.807) is 49.4 Å². The van der Waals surface area contributed by atoms with E-state index in [-0.39, 0.29) is 17.2 Å². The van der Waals surface area contributed by atoms with Crippen LogP contribution in [0, 0.1) is 0 Å². The smallest absolute Gasteiger partial charge is 0.329 e. The van der Waals surface area contributed by atoms with Gasteiger partial charge >= 0.3 is 5.97 Å². The van der Waals surface area contributed by atoms with Crippen LogP contribution in [0.5, 0.6) is 5.88 Å². The van der Waals surface area contributed by atoms with Crippen LogP contribution in [0.1, 0.15) is 41.7 Å². The highest BCUT2D eigenvalue weighted by Crippen LogP contribution is 2.34. The van der Waals surface area contributed by atoms with E-state index < -0.39 is 23.5 Å². The third-order valence-electron chi connectivity index (χ3n) is 5.08. The SMILES string of the molecule is COc1nn([C@H](C(=O)O)C(C)c2ccccc2)c(=O)cc1-c1cc(Cl)ccc1C(C)=O. The third kappa shape index (κ3) is 4.51. The van der Waals surface area contributed by atoms with Gasteiger partial charge in [0.1, 0.15) is 0 Å². The summed E-state index contributed by atoms with van der Waals surface area (Å²) in [6.07, 6.45) is 0. The molecule has 2 atom stereocenters. The van der Waals surface area contributed by atoms with Crippen molar-refractivity contribution in [3.05, 3.63) is 81.1 Å². The predicted octanol–water partition coefficient (Wildman–Crippen LogP) is 4.20. The number of ether oxygens (including phenoxy) is 1. The van der Waals surface area contributed by atoms with Gasteiger partial charge in [-0.15, -0.1) is 5.10 Å². The zero-order chi connectivity index (χ0) is 22.7. The van der Waals surface area contributed by atoms with Crippen LogP contribution < -0.4 is 10.3 Å². The topological polar surface area (TPSA) is 98.5 Å². The standard InChI is InChI=1S/C23H21ClN2O5/c1-13(15-7-5-4-6-8-15)21(23(29)30)26-20(28)12-19(22(25-26)31-3)18-11-16(24)9-10-17(18)14(2)27/h4-13,21H,1-3H3,(H,29,30)/t13?,21-/m0/s1. The number of hydrogen-bond acceptors (Lipinski definition) is 5. The molecule has 0 fully saturated rings. The van der Waals surface area contributed by atoms with Crippen LogP contribution in [-0.2, 0) is 4.79 Å². The highest BCUT2D eigenvalue weighted by Gasteiger charge is 2.31. The molecule has 0 aliphatic carbocycles. The second-order valence-corrected chi connectivity index (χ2v) is 7.52. The molecule has 0 spiro atoms. The van der Waals surface area contributed by atoms with E-state index in [1.807, 2.05) is 6.07 Å². The number of rotatable bonds is 7. The first kappa shape index (κ1) is 22.2. The maximum atomic E-state index is 13.0. The van der Waals surface area contributed by atoms with Gasteiger partial charge < -0.3 is 9.84 Å². The van der Waals surface area contributed by atoms with E-state index in [4.69, 9.17) is 16.3 Å². The fourth-order valence-corrected chi connectivity index (χ4v) is 3.68. The normalized spacial score (nSPS) is 12.8. The number of halogens is 1. The molecule has 7 nitrogen and oxygen atoms in total. The van der Waals surface area contributed by atoms with Gasteiger partial charge in [0.15, 0.2) is 11.8 Å². The molecule has 3 aromatic rings. The van der Waals surface area contributed by atoms with Crippen molar-refractivity contribution in [1.82, 2.24) is 9.78 Å². The Balaban J connectivity index is 2.20. The van der Waals surface area contributed by atoms with Gasteiger partial charge in [0.25, 0.3) is 5.56 Å². The number of hydrogen-bond donors (Lipinski definition) is 1. The van der Waals surface area contributed by atoms with Gasteiger partial charge in [-0.05, 0) is 36.2 Å². The molecular formula is C23H21ClN2O5. The molecule has 160 valence electrons. The maximum Gasteiger partial charge on any atom is 0.329 e. The van der Waals surface area contributed by atoms with Crippen LogP contribution in [0.25, 0.3) is 11.1 Å². The average molecular weight is 441 g/mol. The Morgan fingerprint density at radius 1 is 1.10 bits per heavy atom. The van der Waals surface area contributed by atoms with Crippen molar-refractivity contribution in [2.24, 2.45) is 0 Å². The van der Waals surface area contributed by atoms with Crippen molar-refractivity contribution in [1.29, 1.82) is 0 Å². The monoisotopic (exact) mass is 440 g/mol. The van der Waals surface area contributed by atoms with Gasteiger partial charge in [-0.2, -0.15) is 0 Å². The lowest BCUT2D eigenvalue weighted by Crippen LogP contribution is -2.35. The number of nitrogens with zero attached hydrogens (tertiary/aromatic N) is 2. The average Bonchev–Trinajstić information content (AvgIpc) is 2.74. The van der Waals surface area contributed by atoms with E-state index in [0.717, 1.165) is 10.2 Å². The molecule has 1 N–H and O–H groups in total. The molecule has 31 heavy (non-hydrogen) atoms. The van der Waals surface area contributed by atoms with Crippen molar-refractivity contribution in [2.75, 3.05) is 7.11 Å². The summed E-state index contributed by atoms with van der Waals surface area (Å²) < 4.78 is 6.27. The molecule has 3 rings (SSSR count). The first-order valence-electron chi connectivity index (χ1n) is 9.51. The fraction of sp³-hybridized carbons (Fsp3) is 0.217. The number of methoxy groups -OCH3 is 1. The minimum absolute atomic E-state index is 0.0101. The van der Waals surface area contributed by atoms with Gasteiger partial charge in [0.2, 0.25) is 5.88 Å². The van der Waals surface area contributed by atoms with Crippen LogP contribution in [0.3, 0.4) is 0 Å². The van der Waals surface area contributed by atoms with E-state index in [2.05, 4.69) is 5.10 Å². The molecule has 0 aliphatic heterocycles. The first-order chi connectivity index (χ1) is 14.7. The van der Waals surface area contributed by atoms with Crippen LogP contribution >= 0.6 is 11.6 Å². The Morgan fingerprint density at radius 3 is 2.35 bits per heavy atom. The summed E-state index contributed by atoms with van der Waals surface area (Å²) in [5.74, 6) is -1.96. The number of carboxylic acid groups (broad SMARTS) is 1. The zero-order valence-electron chi connectivity index (χ0n) is 17.2. The van der Waals surface area contributed by atoms with Gasteiger partial charge in [0.05, 0.1) is 12.7 Å². The molecule has 0 aliphatic rings. The zero-order valence-corrected chi connectivity index (χ0v) is 18.0. The van der Waals surface area contributed by atoms with Crippen molar-refractivity contribution in [3.8, 4) is 17.0 Å².